The topological polar surface area (TPSA) is 92.4 Å². The van der Waals surface area contributed by atoms with Crippen LogP contribution in [0.3, 0.4) is 0 Å². The van der Waals surface area contributed by atoms with Gasteiger partial charge in [0.2, 0.25) is 0 Å². The maximum Gasteiger partial charge on any atom is 0.410 e. The molecule has 0 unspecified atom stereocenters. The van der Waals surface area contributed by atoms with Gasteiger partial charge in [0.25, 0.3) is 0 Å². The highest BCUT2D eigenvalue weighted by Gasteiger charge is 2.24. The maximum absolute atomic E-state index is 12.4. The van der Waals surface area contributed by atoms with Crippen LogP contribution < -0.4 is 5.32 Å². The Morgan fingerprint density at radius 2 is 2.05 bits per heavy atom. The van der Waals surface area contributed by atoms with Gasteiger partial charge in [-0.05, 0) is 57.4 Å². The molecule has 0 radical (unpaired) electrons. The summed E-state index contributed by atoms with van der Waals surface area (Å²) in [5, 5.41) is 4.34. The number of aromatic amines is 1. The van der Waals surface area contributed by atoms with Gasteiger partial charge in [0.15, 0.2) is 0 Å². The number of allylic oxidation sites excluding steroid dienone is 4. The van der Waals surface area contributed by atoms with Gasteiger partial charge in [-0.3, -0.25) is 0 Å². The first-order valence-corrected chi connectivity index (χ1v) is 13.0. The third-order valence-corrected chi connectivity index (χ3v) is 6.32. The minimum absolute atomic E-state index is 0.311. The monoisotopic (exact) mass is 545 g/mol. The lowest BCUT2D eigenvalue weighted by atomic mass is 10.1. The number of hydrogen-bond donors (Lipinski definition) is 2. The quantitative estimate of drug-likeness (QED) is 0.197. The zero-order valence-electron chi connectivity index (χ0n) is 22.5. The fourth-order valence-electron chi connectivity index (χ4n) is 3.92. The molecule has 2 aromatic heterocycles. The van der Waals surface area contributed by atoms with Crippen LogP contribution in [0.5, 0.6) is 0 Å². The second kappa shape index (κ2) is 12.1. The number of hydrogen-bond acceptors (Lipinski definition) is 6. The Morgan fingerprint density at radius 3 is 2.72 bits per heavy atom. The molecule has 9 heteroatoms. The van der Waals surface area contributed by atoms with E-state index in [1.165, 1.54) is 6.33 Å². The number of anilines is 1. The second-order valence-electron chi connectivity index (χ2n) is 10.1. The average molecular weight is 546 g/mol. The standard InChI is InChI=1S/C30H32ClN5O3/c1-6-23(16-25(31)20(2)38-18-21-10-8-7-9-11-21)34-27-24-17-26(35-28(24)33-19-32-27)22-12-14-36(15-13-22)29(37)39-30(3,4)5/h1,7-12,16-17,19H,13-15,18H2,2-5H3,(H2,32,33,34,35)/b23-16+,25-20-. The summed E-state index contributed by atoms with van der Waals surface area (Å²) in [6.07, 6.45) is 11.3. The minimum atomic E-state index is -0.528. The number of nitrogens with one attached hydrogen (secondary N) is 2. The van der Waals surface area contributed by atoms with Crippen LogP contribution in [0.15, 0.2) is 71.4 Å². The molecule has 1 aliphatic heterocycles. The molecule has 1 amide bonds. The Kier molecular flexibility index (Phi) is 8.62. The molecule has 2 N–H and O–H groups in total. The number of H-pyrrole nitrogens is 1. The van der Waals surface area contributed by atoms with Gasteiger partial charge in [-0.15, -0.1) is 6.42 Å². The predicted octanol–water partition coefficient (Wildman–Crippen LogP) is 6.60. The SMILES string of the molecule is C#C/C(=C\C(Cl)=C(/C)OCc1ccccc1)Nc1ncnc2[nH]c(C3=CCN(C(=O)OC(C)(C)C)CC3)cc12. The van der Waals surface area contributed by atoms with Gasteiger partial charge in [-0.1, -0.05) is 53.9 Å². The van der Waals surface area contributed by atoms with Gasteiger partial charge in [0.05, 0.1) is 16.1 Å². The van der Waals surface area contributed by atoms with Crippen molar-refractivity contribution >= 4 is 40.1 Å². The van der Waals surface area contributed by atoms with Crippen molar-refractivity contribution in [3.05, 3.63) is 82.6 Å². The predicted molar refractivity (Wildman–Crippen MR) is 155 cm³/mol. The van der Waals surface area contributed by atoms with Gasteiger partial charge in [-0.2, -0.15) is 0 Å². The molecule has 4 rings (SSSR count). The van der Waals surface area contributed by atoms with Crippen molar-refractivity contribution in [2.24, 2.45) is 0 Å². The number of rotatable bonds is 7. The van der Waals surface area contributed by atoms with E-state index in [1.807, 2.05) is 63.2 Å². The van der Waals surface area contributed by atoms with E-state index in [-0.39, 0.29) is 6.09 Å². The molecule has 3 aromatic rings. The van der Waals surface area contributed by atoms with Crippen molar-refractivity contribution in [3.8, 4) is 12.3 Å². The molecule has 3 heterocycles. The number of terminal acetylenes is 1. The van der Waals surface area contributed by atoms with Crippen LogP contribution in [0.2, 0.25) is 0 Å². The van der Waals surface area contributed by atoms with E-state index >= 15 is 0 Å². The fraction of sp³-hybridized carbons (Fsp3) is 0.300. The molecular weight excluding hydrogens is 514 g/mol. The van der Waals surface area contributed by atoms with Crippen LogP contribution in [0, 0.1) is 12.3 Å². The summed E-state index contributed by atoms with van der Waals surface area (Å²) in [7, 11) is 0. The Hall–Kier alpha value is -4.22. The summed E-state index contributed by atoms with van der Waals surface area (Å²) in [4.78, 5) is 26.2. The maximum atomic E-state index is 12.4. The van der Waals surface area contributed by atoms with E-state index in [9.17, 15) is 4.79 Å². The Morgan fingerprint density at radius 1 is 1.28 bits per heavy atom. The van der Waals surface area contributed by atoms with Gasteiger partial charge < -0.3 is 24.7 Å². The van der Waals surface area contributed by atoms with Crippen LogP contribution in [0.4, 0.5) is 10.6 Å². The number of carbonyl (C=O) groups excluding carboxylic acids is 1. The number of nitrogens with zero attached hydrogens (tertiary/aromatic N) is 3. The van der Waals surface area contributed by atoms with E-state index in [1.54, 1.807) is 17.9 Å². The lowest BCUT2D eigenvalue weighted by Crippen LogP contribution is -2.39. The highest BCUT2D eigenvalue weighted by atomic mass is 35.5. The van der Waals surface area contributed by atoms with Crippen LogP contribution in [0.25, 0.3) is 16.6 Å². The zero-order chi connectivity index (χ0) is 28.0. The third kappa shape index (κ3) is 7.43. The summed E-state index contributed by atoms with van der Waals surface area (Å²) in [5.74, 6) is 3.72. The largest absolute Gasteiger partial charge is 0.492 e. The Balaban J connectivity index is 1.48. The molecule has 0 aliphatic carbocycles. The van der Waals surface area contributed by atoms with E-state index in [0.717, 1.165) is 22.2 Å². The van der Waals surface area contributed by atoms with Crippen molar-refractivity contribution in [2.45, 2.75) is 46.3 Å². The molecule has 0 saturated heterocycles. The summed E-state index contributed by atoms with van der Waals surface area (Å²) in [6, 6.07) is 11.8. The molecule has 0 bridgehead atoms. The second-order valence-corrected chi connectivity index (χ2v) is 10.5. The molecular formula is C30H32ClN5O3. The zero-order valence-corrected chi connectivity index (χ0v) is 23.3. The highest BCUT2D eigenvalue weighted by Crippen LogP contribution is 2.29. The number of benzene rings is 1. The van der Waals surface area contributed by atoms with E-state index in [2.05, 4.69) is 26.2 Å². The molecule has 39 heavy (non-hydrogen) atoms. The molecule has 0 spiro atoms. The highest BCUT2D eigenvalue weighted by molar-refractivity contribution is 6.31. The van der Waals surface area contributed by atoms with Gasteiger partial charge in [0.1, 0.15) is 35.8 Å². The van der Waals surface area contributed by atoms with Crippen molar-refractivity contribution in [1.82, 2.24) is 19.9 Å². The van der Waals surface area contributed by atoms with Gasteiger partial charge in [0, 0.05) is 18.8 Å². The number of aromatic nitrogens is 3. The van der Waals surface area contributed by atoms with Gasteiger partial charge in [-0.25, -0.2) is 14.8 Å². The van der Waals surface area contributed by atoms with E-state index in [0.29, 0.717) is 54.1 Å². The van der Waals surface area contributed by atoms with Crippen LogP contribution in [0.1, 0.15) is 45.4 Å². The minimum Gasteiger partial charge on any atom is -0.492 e. The summed E-state index contributed by atoms with van der Waals surface area (Å²) in [6.45, 7) is 8.81. The average Bonchev–Trinajstić information content (AvgIpc) is 3.36. The molecule has 1 aromatic carbocycles. The first kappa shape index (κ1) is 27.8. The number of ether oxygens (including phenoxy) is 2. The van der Waals surface area contributed by atoms with Crippen molar-refractivity contribution in [2.75, 3.05) is 18.4 Å². The number of halogens is 1. The summed E-state index contributed by atoms with van der Waals surface area (Å²) < 4.78 is 11.3. The normalized spacial score (nSPS) is 14.8. The lowest BCUT2D eigenvalue weighted by molar-refractivity contribution is 0.0270. The lowest BCUT2D eigenvalue weighted by Gasteiger charge is -2.29. The summed E-state index contributed by atoms with van der Waals surface area (Å²) in [5.41, 5.74) is 3.60. The number of carbonyl (C=O) groups is 1. The van der Waals surface area contributed by atoms with Crippen LogP contribution >= 0.6 is 11.6 Å². The van der Waals surface area contributed by atoms with Crippen molar-refractivity contribution in [3.63, 3.8) is 0 Å². The van der Waals surface area contributed by atoms with Crippen molar-refractivity contribution in [1.29, 1.82) is 0 Å². The van der Waals surface area contributed by atoms with Gasteiger partial charge >= 0.3 is 6.09 Å². The van der Waals surface area contributed by atoms with E-state index in [4.69, 9.17) is 27.5 Å². The number of amides is 1. The van der Waals surface area contributed by atoms with Crippen LogP contribution in [-0.2, 0) is 16.1 Å². The first-order valence-electron chi connectivity index (χ1n) is 12.6. The smallest absolute Gasteiger partial charge is 0.410 e. The van der Waals surface area contributed by atoms with Crippen LogP contribution in [-0.4, -0.2) is 44.6 Å². The number of fused-ring (bicyclic) bond motifs is 1. The molecule has 0 fully saturated rings. The molecule has 1 aliphatic rings. The summed E-state index contributed by atoms with van der Waals surface area (Å²) >= 11 is 6.49. The third-order valence-electron chi connectivity index (χ3n) is 5.95. The van der Waals surface area contributed by atoms with E-state index < -0.39 is 5.60 Å². The first-order chi connectivity index (χ1) is 18.6. The molecule has 0 atom stereocenters. The fourth-order valence-corrected chi connectivity index (χ4v) is 4.09. The Labute approximate surface area is 233 Å². The van der Waals surface area contributed by atoms with Crippen molar-refractivity contribution < 1.29 is 14.3 Å². The molecule has 202 valence electrons. The Bertz CT molecular complexity index is 1480. The molecule has 0 saturated carbocycles. The molecule has 8 nitrogen and oxygen atoms in total.